The van der Waals surface area contributed by atoms with E-state index in [-0.39, 0.29) is 11.6 Å². The number of hydrogen-bond acceptors (Lipinski definition) is 6. The number of fused-ring (bicyclic) bond motifs is 1. The highest BCUT2D eigenvalue weighted by atomic mass is 19.1. The van der Waals surface area contributed by atoms with Crippen LogP contribution in [0.1, 0.15) is 47.6 Å². The summed E-state index contributed by atoms with van der Waals surface area (Å²) < 4.78 is 19.1. The highest BCUT2D eigenvalue weighted by Gasteiger charge is 2.43. The Kier molecular flexibility index (Phi) is 3.99. The predicted molar refractivity (Wildman–Crippen MR) is 97.8 cm³/mol. The van der Waals surface area contributed by atoms with E-state index < -0.39 is 11.4 Å². The number of carbonyl (C=O) groups is 1. The molecule has 2 aliphatic heterocycles. The fraction of sp³-hybridized carbons (Fsp3) is 0.579. The van der Waals surface area contributed by atoms with Gasteiger partial charge in [0, 0.05) is 50.0 Å². The van der Waals surface area contributed by atoms with Crippen LogP contribution in [0.5, 0.6) is 0 Å². The molecule has 2 aromatic heterocycles. The average molecular weight is 387 g/mol. The molecule has 0 spiro atoms. The van der Waals surface area contributed by atoms with E-state index in [0.29, 0.717) is 62.0 Å². The largest absolute Gasteiger partial charge is 0.360 e. The van der Waals surface area contributed by atoms with Gasteiger partial charge in [0.1, 0.15) is 5.76 Å². The minimum Gasteiger partial charge on any atom is -0.360 e. The molecule has 1 aliphatic carbocycles. The summed E-state index contributed by atoms with van der Waals surface area (Å²) in [5.41, 5.74) is -0.158. The molecule has 2 unspecified atom stereocenters. The van der Waals surface area contributed by atoms with Crippen LogP contribution < -0.4 is 10.5 Å². The Morgan fingerprint density at radius 3 is 2.64 bits per heavy atom. The standard InChI is InChI=1S/C19H22FN5O3/c1-2-13-16(20)17(26)22-19(21-13)25-8-11-6-24(7-12(11)9-25)18(27)14-5-15(28-23-14)10-3-4-10/h5,10-12H,2-4,6-9H2,1H3,(H,21,22,26). The first-order valence-electron chi connectivity index (χ1n) is 9.83. The molecule has 148 valence electrons. The van der Waals surface area contributed by atoms with Gasteiger partial charge in [-0.25, -0.2) is 4.98 Å². The van der Waals surface area contributed by atoms with Crippen LogP contribution in [-0.2, 0) is 6.42 Å². The lowest BCUT2D eigenvalue weighted by molar-refractivity contribution is 0.0772. The van der Waals surface area contributed by atoms with Crippen molar-refractivity contribution in [1.82, 2.24) is 20.0 Å². The number of aryl methyl sites for hydroxylation is 1. The quantitative estimate of drug-likeness (QED) is 0.855. The van der Waals surface area contributed by atoms with Gasteiger partial charge in [-0.3, -0.25) is 14.6 Å². The maximum absolute atomic E-state index is 13.8. The molecule has 9 heteroatoms. The summed E-state index contributed by atoms with van der Waals surface area (Å²) in [6, 6.07) is 1.78. The fourth-order valence-electron chi connectivity index (χ4n) is 4.32. The zero-order valence-electron chi connectivity index (χ0n) is 15.7. The molecule has 2 aromatic rings. The molecule has 2 saturated heterocycles. The number of anilines is 1. The summed E-state index contributed by atoms with van der Waals surface area (Å²) in [5.74, 6) is 1.35. The number of aromatic amines is 1. The molecule has 2 atom stereocenters. The van der Waals surface area contributed by atoms with Crippen molar-refractivity contribution in [2.45, 2.75) is 32.1 Å². The number of rotatable bonds is 4. The molecule has 1 saturated carbocycles. The number of aromatic nitrogens is 3. The van der Waals surface area contributed by atoms with Gasteiger partial charge < -0.3 is 14.3 Å². The Hall–Kier alpha value is -2.71. The monoisotopic (exact) mass is 387 g/mol. The van der Waals surface area contributed by atoms with Crippen LogP contribution >= 0.6 is 0 Å². The maximum Gasteiger partial charge on any atom is 0.288 e. The van der Waals surface area contributed by atoms with Crippen LogP contribution in [0.25, 0.3) is 0 Å². The molecule has 3 aliphatic rings. The molecule has 0 bridgehead atoms. The highest BCUT2D eigenvalue weighted by molar-refractivity contribution is 5.92. The van der Waals surface area contributed by atoms with E-state index >= 15 is 0 Å². The van der Waals surface area contributed by atoms with Crippen LogP contribution in [0.4, 0.5) is 10.3 Å². The summed E-state index contributed by atoms with van der Waals surface area (Å²) >= 11 is 0. The number of carbonyl (C=O) groups excluding carboxylic acids is 1. The summed E-state index contributed by atoms with van der Waals surface area (Å²) in [6.07, 6.45) is 2.57. The molecule has 3 fully saturated rings. The van der Waals surface area contributed by atoms with Gasteiger partial charge in [0.05, 0.1) is 5.69 Å². The van der Waals surface area contributed by atoms with Crippen LogP contribution in [0.2, 0.25) is 0 Å². The Morgan fingerprint density at radius 1 is 1.29 bits per heavy atom. The molecular weight excluding hydrogens is 365 g/mol. The Morgan fingerprint density at radius 2 is 2.00 bits per heavy atom. The lowest BCUT2D eigenvalue weighted by atomic mass is 10.0. The van der Waals surface area contributed by atoms with Crippen LogP contribution in [0.15, 0.2) is 15.4 Å². The molecule has 8 nitrogen and oxygen atoms in total. The van der Waals surface area contributed by atoms with E-state index in [9.17, 15) is 14.0 Å². The number of halogens is 1. The van der Waals surface area contributed by atoms with E-state index in [1.165, 1.54) is 0 Å². The Bertz CT molecular complexity index is 968. The van der Waals surface area contributed by atoms with Gasteiger partial charge in [0.2, 0.25) is 11.8 Å². The first-order chi connectivity index (χ1) is 13.5. The summed E-state index contributed by atoms with van der Waals surface area (Å²) in [6.45, 7) is 4.40. The molecule has 5 rings (SSSR count). The van der Waals surface area contributed by atoms with Crippen LogP contribution in [-0.4, -0.2) is 52.1 Å². The summed E-state index contributed by atoms with van der Waals surface area (Å²) in [7, 11) is 0. The second-order valence-electron chi connectivity index (χ2n) is 8.03. The zero-order valence-corrected chi connectivity index (χ0v) is 15.7. The van der Waals surface area contributed by atoms with Gasteiger partial charge in [0.15, 0.2) is 5.69 Å². The topological polar surface area (TPSA) is 95.3 Å². The second kappa shape index (κ2) is 6.42. The van der Waals surface area contributed by atoms with Gasteiger partial charge >= 0.3 is 0 Å². The number of amides is 1. The number of nitrogens with zero attached hydrogens (tertiary/aromatic N) is 4. The third-order valence-corrected chi connectivity index (χ3v) is 6.05. The SMILES string of the molecule is CCc1nc(N2CC3CN(C(=O)c4cc(C5CC5)on4)CC3C2)[nH]c(=O)c1F. The van der Waals surface area contributed by atoms with Crippen LogP contribution in [0.3, 0.4) is 0 Å². The second-order valence-corrected chi connectivity index (χ2v) is 8.03. The summed E-state index contributed by atoms with van der Waals surface area (Å²) in [5, 5.41) is 3.95. The van der Waals surface area contributed by atoms with Crippen molar-refractivity contribution >= 4 is 11.9 Å². The molecule has 0 aromatic carbocycles. The van der Waals surface area contributed by atoms with E-state index in [1.807, 2.05) is 9.80 Å². The number of hydrogen-bond donors (Lipinski definition) is 1. The molecule has 1 N–H and O–H groups in total. The van der Waals surface area contributed by atoms with Crippen molar-refractivity contribution in [1.29, 1.82) is 0 Å². The van der Waals surface area contributed by atoms with Crippen molar-refractivity contribution in [2.24, 2.45) is 11.8 Å². The minimum atomic E-state index is -0.805. The van der Waals surface area contributed by atoms with Gasteiger partial charge in [0.25, 0.3) is 11.5 Å². The van der Waals surface area contributed by atoms with Crippen molar-refractivity contribution in [3.8, 4) is 0 Å². The molecule has 4 heterocycles. The number of H-pyrrole nitrogens is 1. The third-order valence-electron chi connectivity index (χ3n) is 6.05. The van der Waals surface area contributed by atoms with Gasteiger partial charge in [-0.15, -0.1) is 0 Å². The van der Waals surface area contributed by atoms with Crippen molar-refractivity contribution in [3.63, 3.8) is 0 Å². The highest BCUT2D eigenvalue weighted by Crippen LogP contribution is 2.40. The van der Waals surface area contributed by atoms with Crippen molar-refractivity contribution < 1.29 is 13.7 Å². The Labute approximate surface area is 160 Å². The van der Waals surface area contributed by atoms with E-state index in [4.69, 9.17) is 4.52 Å². The van der Waals surface area contributed by atoms with Crippen molar-refractivity contribution in [3.05, 3.63) is 39.4 Å². The van der Waals surface area contributed by atoms with Gasteiger partial charge in [-0.2, -0.15) is 4.39 Å². The lowest BCUT2D eigenvalue weighted by Gasteiger charge is -2.21. The Balaban J connectivity index is 1.26. The first-order valence-corrected chi connectivity index (χ1v) is 9.83. The van der Waals surface area contributed by atoms with E-state index in [2.05, 4.69) is 15.1 Å². The van der Waals surface area contributed by atoms with Crippen LogP contribution in [0, 0.1) is 17.7 Å². The summed E-state index contributed by atoms with van der Waals surface area (Å²) in [4.78, 5) is 35.2. The molecule has 1 amide bonds. The molecule has 0 radical (unpaired) electrons. The molecule has 28 heavy (non-hydrogen) atoms. The van der Waals surface area contributed by atoms with Gasteiger partial charge in [-0.05, 0) is 19.3 Å². The normalized spacial score (nSPS) is 24.1. The van der Waals surface area contributed by atoms with E-state index in [1.54, 1.807) is 13.0 Å². The number of likely N-dealkylation sites (tertiary alicyclic amines) is 1. The number of nitrogens with one attached hydrogen (secondary N) is 1. The zero-order chi connectivity index (χ0) is 19.4. The van der Waals surface area contributed by atoms with E-state index in [0.717, 1.165) is 18.6 Å². The van der Waals surface area contributed by atoms with Gasteiger partial charge in [-0.1, -0.05) is 12.1 Å². The third kappa shape index (κ3) is 2.89. The lowest BCUT2D eigenvalue weighted by Crippen LogP contribution is -2.34. The fourth-order valence-corrected chi connectivity index (χ4v) is 4.32. The first kappa shape index (κ1) is 17.4. The molecular formula is C19H22FN5O3. The maximum atomic E-state index is 13.8. The minimum absolute atomic E-state index is 0.0850. The smallest absolute Gasteiger partial charge is 0.288 e. The van der Waals surface area contributed by atoms with Crippen molar-refractivity contribution in [2.75, 3.05) is 31.1 Å². The predicted octanol–water partition coefficient (Wildman–Crippen LogP) is 1.55. The average Bonchev–Trinajstić information content (AvgIpc) is 3.11.